The minimum atomic E-state index is 0.305. The first kappa shape index (κ1) is 9.55. The van der Waals surface area contributed by atoms with Crippen molar-refractivity contribution in [1.29, 1.82) is 0 Å². The Labute approximate surface area is 93.7 Å². The number of hydrogen-bond donors (Lipinski definition) is 1. The Bertz CT molecular complexity index is 390. The minimum Gasteiger partial charge on any atom is -0.305 e. The van der Waals surface area contributed by atoms with E-state index < -0.39 is 0 Å². The third-order valence-electron chi connectivity index (χ3n) is 3.54. The first-order chi connectivity index (χ1) is 7.36. The van der Waals surface area contributed by atoms with Gasteiger partial charge in [0.2, 0.25) is 0 Å². The molecule has 1 aliphatic carbocycles. The summed E-state index contributed by atoms with van der Waals surface area (Å²) in [5.74, 6) is 0.978. The van der Waals surface area contributed by atoms with Crippen LogP contribution in [0.1, 0.15) is 52.4 Å². The summed E-state index contributed by atoms with van der Waals surface area (Å²) in [4.78, 5) is 13.1. The van der Waals surface area contributed by atoms with Gasteiger partial charge < -0.3 is 5.32 Å². The molecule has 15 heavy (non-hydrogen) atoms. The van der Waals surface area contributed by atoms with Crippen LogP contribution in [0.15, 0.2) is 5.38 Å². The summed E-state index contributed by atoms with van der Waals surface area (Å²) in [6.45, 7) is 1.42. The number of carbonyl (C=O) groups is 1. The van der Waals surface area contributed by atoms with E-state index in [1.165, 1.54) is 36.1 Å². The van der Waals surface area contributed by atoms with Gasteiger partial charge in [-0.25, -0.2) is 0 Å². The molecule has 3 heteroatoms. The Morgan fingerprint density at radius 1 is 1.27 bits per heavy atom. The highest BCUT2D eigenvalue weighted by molar-refractivity contribution is 7.10. The fourth-order valence-corrected chi connectivity index (χ4v) is 3.89. The molecule has 0 radical (unpaired) electrons. The Hall–Kier alpha value is -0.670. The molecule has 3 rings (SSSR count). The summed E-state index contributed by atoms with van der Waals surface area (Å²) < 4.78 is 0. The molecule has 2 nitrogen and oxygen atoms in total. The molecule has 0 aromatic carbocycles. The highest BCUT2D eigenvalue weighted by Gasteiger charge is 2.28. The van der Waals surface area contributed by atoms with Crippen molar-refractivity contribution in [3.05, 3.63) is 21.4 Å². The van der Waals surface area contributed by atoms with E-state index in [1.807, 2.05) is 0 Å². The summed E-state index contributed by atoms with van der Waals surface area (Å²) in [5.41, 5.74) is 2.43. The monoisotopic (exact) mass is 221 g/mol. The van der Waals surface area contributed by atoms with E-state index in [1.54, 1.807) is 11.3 Å². The number of thiophene rings is 1. The van der Waals surface area contributed by atoms with Gasteiger partial charge in [0.15, 0.2) is 5.78 Å². The second kappa shape index (κ2) is 3.72. The first-order valence-corrected chi connectivity index (χ1v) is 6.58. The van der Waals surface area contributed by atoms with Crippen molar-refractivity contribution >= 4 is 17.1 Å². The van der Waals surface area contributed by atoms with Gasteiger partial charge in [0.05, 0.1) is 6.54 Å². The highest BCUT2D eigenvalue weighted by Crippen LogP contribution is 2.39. The van der Waals surface area contributed by atoms with Crippen LogP contribution in [-0.2, 0) is 6.54 Å². The molecule has 1 fully saturated rings. The number of ketones is 1. The van der Waals surface area contributed by atoms with Crippen LogP contribution in [0.5, 0.6) is 0 Å². The molecule has 2 aliphatic rings. The molecule has 0 saturated heterocycles. The summed E-state index contributed by atoms with van der Waals surface area (Å²) in [6, 6.07) is 0. The van der Waals surface area contributed by atoms with E-state index in [0.717, 1.165) is 12.1 Å². The van der Waals surface area contributed by atoms with E-state index in [0.29, 0.717) is 18.2 Å². The largest absolute Gasteiger partial charge is 0.305 e. The van der Waals surface area contributed by atoms with Gasteiger partial charge in [0.1, 0.15) is 0 Å². The third-order valence-corrected chi connectivity index (χ3v) is 4.55. The third kappa shape index (κ3) is 1.54. The SMILES string of the molecule is O=C1CNCc2scc(C3CCCC3)c21. The van der Waals surface area contributed by atoms with Crippen molar-refractivity contribution < 1.29 is 4.79 Å². The molecule has 0 spiro atoms. The van der Waals surface area contributed by atoms with Crippen molar-refractivity contribution in [3.8, 4) is 0 Å². The Morgan fingerprint density at radius 3 is 2.87 bits per heavy atom. The van der Waals surface area contributed by atoms with Gasteiger partial charge in [-0.05, 0) is 29.7 Å². The molecule has 0 bridgehead atoms. The molecule has 80 valence electrons. The fourth-order valence-electron chi connectivity index (χ4n) is 2.78. The number of carbonyl (C=O) groups excluding carboxylic acids is 1. The lowest BCUT2D eigenvalue weighted by Gasteiger charge is -2.16. The number of Topliss-reactive ketones (excluding diaryl/α,β-unsaturated/α-hetero) is 1. The number of rotatable bonds is 1. The number of hydrogen-bond acceptors (Lipinski definition) is 3. The van der Waals surface area contributed by atoms with Crippen LogP contribution >= 0.6 is 11.3 Å². The lowest BCUT2D eigenvalue weighted by Crippen LogP contribution is -2.29. The standard InChI is InChI=1S/C12H15NOS/c14-10-5-13-6-11-12(10)9(7-15-11)8-3-1-2-4-8/h7-8,13H,1-6H2. The number of fused-ring (bicyclic) bond motifs is 1. The molecule has 1 N–H and O–H groups in total. The Balaban J connectivity index is 2.01. The van der Waals surface area contributed by atoms with Crippen LogP contribution < -0.4 is 5.32 Å². The topological polar surface area (TPSA) is 29.1 Å². The summed E-state index contributed by atoms with van der Waals surface area (Å²) in [5, 5.41) is 5.38. The van der Waals surface area contributed by atoms with Crippen LogP contribution in [0.2, 0.25) is 0 Å². The van der Waals surface area contributed by atoms with Crippen molar-refractivity contribution in [1.82, 2.24) is 5.32 Å². The lowest BCUT2D eigenvalue weighted by atomic mass is 9.92. The van der Waals surface area contributed by atoms with E-state index in [-0.39, 0.29) is 0 Å². The first-order valence-electron chi connectivity index (χ1n) is 5.70. The van der Waals surface area contributed by atoms with Crippen molar-refractivity contribution in [2.75, 3.05) is 6.54 Å². The molecule has 0 unspecified atom stereocenters. The maximum Gasteiger partial charge on any atom is 0.178 e. The van der Waals surface area contributed by atoms with Crippen LogP contribution in [0.25, 0.3) is 0 Å². The summed E-state index contributed by atoms with van der Waals surface area (Å²) in [6.07, 6.45) is 5.23. The predicted octanol–water partition coefficient (Wildman–Crippen LogP) is 2.69. The smallest absolute Gasteiger partial charge is 0.178 e. The zero-order valence-electron chi connectivity index (χ0n) is 8.71. The van der Waals surface area contributed by atoms with Crippen LogP contribution in [-0.4, -0.2) is 12.3 Å². The minimum absolute atomic E-state index is 0.305. The molecule has 1 saturated carbocycles. The van der Waals surface area contributed by atoms with Gasteiger partial charge >= 0.3 is 0 Å². The maximum atomic E-state index is 11.9. The van der Waals surface area contributed by atoms with Gasteiger partial charge in [-0.3, -0.25) is 4.79 Å². The quantitative estimate of drug-likeness (QED) is 0.790. The second-order valence-corrected chi connectivity index (χ2v) is 5.46. The van der Waals surface area contributed by atoms with Crippen LogP contribution in [0.3, 0.4) is 0 Å². The zero-order valence-corrected chi connectivity index (χ0v) is 9.53. The predicted molar refractivity (Wildman–Crippen MR) is 61.6 cm³/mol. The molecule has 2 heterocycles. The molecular weight excluding hydrogens is 206 g/mol. The summed E-state index contributed by atoms with van der Waals surface area (Å²) >= 11 is 1.76. The van der Waals surface area contributed by atoms with Crippen LogP contribution in [0.4, 0.5) is 0 Å². The maximum absolute atomic E-state index is 11.9. The number of nitrogens with one attached hydrogen (secondary N) is 1. The van der Waals surface area contributed by atoms with Crippen LogP contribution in [0, 0.1) is 0 Å². The zero-order chi connectivity index (χ0) is 10.3. The van der Waals surface area contributed by atoms with E-state index in [9.17, 15) is 4.79 Å². The normalized spacial score (nSPS) is 22.0. The van der Waals surface area contributed by atoms with Crippen molar-refractivity contribution in [2.45, 2.75) is 38.1 Å². The molecule has 1 aliphatic heterocycles. The van der Waals surface area contributed by atoms with Gasteiger partial charge in [-0.15, -0.1) is 11.3 Å². The summed E-state index contributed by atoms with van der Waals surface area (Å²) in [7, 11) is 0. The van der Waals surface area contributed by atoms with Gasteiger partial charge in [0, 0.05) is 17.0 Å². The Kier molecular flexibility index (Phi) is 2.37. The van der Waals surface area contributed by atoms with Gasteiger partial charge in [0.25, 0.3) is 0 Å². The highest BCUT2D eigenvalue weighted by atomic mass is 32.1. The molecule has 1 aromatic rings. The molecule has 1 aromatic heterocycles. The van der Waals surface area contributed by atoms with Gasteiger partial charge in [-0.2, -0.15) is 0 Å². The van der Waals surface area contributed by atoms with E-state index >= 15 is 0 Å². The average molecular weight is 221 g/mol. The second-order valence-electron chi connectivity index (χ2n) is 4.50. The lowest BCUT2D eigenvalue weighted by molar-refractivity contribution is 0.0982. The molecular formula is C12H15NOS. The van der Waals surface area contributed by atoms with Crippen molar-refractivity contribution in [3.63, 3.8) is 0 Å². The Morgan fingerprint density at radius 2 is 2.07 bits per heavy atom. The molecule has 0 atom stereocenters. The van der Waals surface area contributed by atoms with E-state index in [4.69, 9.17) is 0 Å². The average Bonchev–Trinajstić information content (AvgIpc) is 2.85. The fraction of sp³-hybridized carbons (Fsp3) is 0.583. The van der Waals surface area contributed by atoms with E-state index in [2.05, 4.69) is 10.7 Å². The molecule has 0 amide bonds. The van der Waals surface area contributed by atoms with Gasteiger partial charge in [-0.1, -0.05) is 12.8 Å². The van der Waals surface area contributed by atoms with Crippen molar-refractivity contribution in [2.24, 2.45) is 0 Å².